The third-order valence-electron chi connectivity index (χ3n) is 5.08. The van der Waals surface area contributed by atoms with Gasteiger partial charge in [0.05, 0.1) is 5.52 Å². The number of aromatic nitrogens is 1. The molecule has 0 saturated carbocycles. The van der Waals surface area contributed by atoms with Crippen LogP contribution in [0.5, 0.6) is 5.75 Å². The van der Waals surface area contributed by atoms with E-state index in [4.69, 9.17) is 4.74 Å². The second kappa shape index (κ2) is 7.75. The minimum Gasteiger partial charge on any atom is -0.492 e. The largest absolute Gasteiger partial charge is 0.492 e. The molecule has 3 aromatic rings. The zero-order valence-corrected chi connectivity index (χ0v) is 14.7. The fourth-order valence-corrected chi connectivity index (χ4v) is 3.71. The van der Waals surface area contributed by atoms with E-state index in [-0.39, 0.29) is 0 Å². The summed E-state index contributed by atoms with van der Waals surface area (Å²) in [6, 6.07) is 19.1. The summed E-state index contributed by atoms with van der Waals surface area (Å²) in [5.41, 5.74) is 2.55. The summed E-state index contributed by atoms with van der Waals surface area (Å²) < 4.78 is 8.42. The van der Waals surface area contributed by atoms with Gasteiger partial charge < -0.3 is 9.30 Å². The lowest BCUT2D eigenvalue weighted by Crippen LogP contribution is -2.33. The smallest absolute Gasteiger partial charge is 0.128 e. The average Bonchev–Trinajstić information content (AvgIpc) is 3.07. The summed E-state index contributed by atoms with van der Waals surface area (Å²) in [4.78, 5) is 2.52. The van der Waals surface area contributed by atoms with E-state index in [2.05, 4.69) is 70.3 Å². The lowest BCUT2D eigenvalue weighted by molar-refractivity contribution is 0.184. The molecule has 0 unspecified atom stereocenters. The molecular formula is C22H26N2O. The Balaban J connectivity index is 1.45. The Morgan fingerprint density at radius 2 is 1.68 bits per heavy atom. The summed E-state index contributed by atoms with van der Waals surface area (Å²) in [5, 5.41) is 1.21. The molecule has 1 saturated heterocycles. The molecule has 0 spiro atoms. The monoisotopic (exact) mass is 334 g/mol. The van der Waals surface area contributed by atoms with E-state index in [1.165, 1.54) is 48.8 Å². The molecule has 2 aromatic carbocycles. The van der Waals surface area contributed by atoms with Crippen LogP contribution in [0.3, 0.4) is 0 Å². The molecule has 0 N–H and O–H groups in total. The van der Waals surface area contributed by atoms with Gasteiger partial charge in [-0.3, -0.25) is 4.90 Å². The minimum atomic E-state index is 0.767. The van der Waals surface area contributed by atoms with Crippen molar-refractivity contribution in [1.82, 2.24) is 9.47 Å². The van der Waals surface area contributed by atoms with Crippen molar-refractivity contribution in [2.24, 2.45) is 0 Å². The highest BCUT2D eigenvalue weighted by Gasteiger charge is 2.11. The molecule has 25 heavy (non-hydrogen) atoms. The first-order chi connectivity index (χ1) is 12.4. The molecule has 0 radical (unpaired) electrons. The highest BCUT2D eigenvalue weighted by atomic mass is 16.5. The number of benzene rings is 2. The zero-order chi connectivity index (χ0) is 16.9. The standard InChI is InChI=1S/C22H26N2O/c1-3-8-19(9-4-1)18-24-15-12-20-21(24)10-7-11-22(20)25-17-16-23-13-5-2-6-14-23/h1,3-4,7-12,15H,2,5-6,13-14,16-18H2. The van der Waals surface area contributed by atoms with Crippen LogP contribution in [-0.4, -0.2) is 35.7 Å². The lowest BCUT2D eigenvalue weighted by Gasteiger charge is -2.26. The number of hydrogen-bond donors (Lipinski definition) is 0. The average molecular weight is 334 g/mol. The molecule has 0 amide bonds. The summed E-state index contributed by atoms with van der Waals surface area (Å²) in [6.07, 6.45) is 6.20. The van der Waals surface area contributed by atoms with Gasteiger partial charge in [-0.15, -0.1) is 0 Å². The quantitative estimate of drug-likeness (QED) is 0.658. The van der Waals surface area contributed by atoms with Gasteiger partial charge >= 0.3 is 0 Å². The topological polar surface area (TPSA) is 17.4 Å². The van der Waals surface area contributed by atoms with Crippen molar-refractivity contribution >= 4 is 10.9 Å². The first-order valence-corrected chi connectivity index (χ1v) is 9.37. The van der Waals surface area contributed by atoms with Crippen LogP contribution in [0.15, 0.2) is 60.8 Å². The van der Waals surface area contributed by atoms with E-state index in [1.54, 1.807) is 0 Å². The summed E-state index contributed by atoms with van der Waals surface area (Å²) in [5.74, 6) is 1.00. The fraction of sp³-hybridized carbons (Fsp3) is 0.364. The Morgan fingerprint density at radius 1 is 0.840 bits per heavy atom. The molecule has 3 heteroatoms. The molecular weight excluding hydrogens is 308 g/mol. The Bertz CT molecular complexity index is 803. The zero-order valence-electron chi connectivity index (χ0n) is 14.7. The highest BCUT2D eigenvalue weighted by Crippen LogP contribution is 2.27. The fourth-order valence-electron chi connectivity index (χ4n) is 3.71. The van der Waals surface area contributed by atoms with E-state index in [0.717, 1.165) is 25.4 Å². The van der Waals surface area contributed by atoms with Gasteiger partial charge in [0.15, 0.2) is 0 Å². The Morgan fingerprint density at radius 3 is 2.52 bits per heavy atom. The van der Waals surface area contributed by atoms with Gasteiger partial charge in [0.1, 0.15) is 12.4 Å². The number of hydrogen-bond acceptors (Lipinski definition) is 2. The van der Waals surface area contributed by atoms with Crippen LogP contribution >= 0.6 is 0 Å². The number of rotatable bonds is 6. The number of likely N-dealkylation sites (tertiary alicyclic amines) is 1. The molecule has 0 bridgehead atoms. The molecule has 1 aliphatic rings. The molecule has 4 rings (SSSR count). The number of fused-ring (bicyclic) bond motifs is 1. The van der Waals surface area contributed by atoms with Crippen LogP contribution < -0.4 is 4.74 Å². The number of nitrogens with zero attached hydrogens (tertiary/aromatic N) is 2. The van der Waals surface area contributed by atoms with Gasteiger partial charge in [-0.1, -0.05) is 42.8 Å². The molecule has 130 valence electrons. The normalized spacial score (nSPS) is 15.5. The first-order valence-electron chi connectivity index (χ1n) is 9.37. The minimum absolute atomic E-state index is 0.767. The first kappa shape index (κ1) is 16.2. The van der Waals surface area contributed by atoms with E-state index in [1.807, 2.05) is 0 Å². The summed E-state index contributed by atoms with van der Waals surface area (Å²) >= 11 is 0. The van der Waals surface area contributed by atoms with Gasteiger partial charge in [0.2, 0.25) is 0 Å². The molecule has 1 fully saturated rings. The lowest BCUT2D eigenvalue weighted by atomic mass is 10.1. The Kier molecular flexibility index (Phi) is 5.03. The van der Waals surface area contributed by atoms with Crippen molar-refractivity contribution in [1.29, 1.82) is 0 Å². The van der Waals surface area contributed by atoms with Crippen molar-refractivity contribution in [2.75, 3.05) is 26.2 Å². The van der Waals surface area contributed by atoms with Crippen molar-refractivity contribution < 1.29 is 4.74 Å². The predicted molar refractivity (Wildman–Crippen MR) is 103 cm³/mol. The van der Waals surface area contributed by atoms with Crippen molar-refractivity contribution in [3.8, 4) is 5.75 Å². The van der Waals surface area contributed by atoms with E-state index in [0.29, 0.717) is 0 Å². The van der Waals surface area contributed by atoms with Gasteiger partial charge in [-0.05, 0) is 49.7 Å². The maximum absolute atomic E-state index is 6.13. The highest BCUT2D eigenvalue weighted by molar-refractivity contribution is 5.86. The molecule has 1 aromatic heterocycles. The van der Waals surface area contributed by atoms with Gasteiger partial charge in [-0.25, -0.2) is 0 Å². The summed E-state index contributed by atoms with van der Waals surface area (Å²) in [7, 11) is 0. The van der Waals surface area contributed by atoms with E-state index in [9.17, 15) is 0 Å². The van der Waals surface area contributed by atoms with Crippen LogP contribution in [0.2, 0.25) is 0 Å². The molecule has 0 atom stereocenters. The van der Waals surface area contributed by atoms with Crippen LogP contribution in [0.25, 0.3) is 10.9 Å². The second-order valence-electron chi connectivity index (χ2n) is 6.87. The SMILES string of the molecule is c1ccc(Cn2ccc3c(OCCN4CCCCC4)cccc32)cc1. The maximum atomic E-state index is 6.13. The third kappa shape index (κ3) is 3.88. The predicted octanol–water partition coefficient (Wildman–Crippen LogP) is 4.55. The van der Waals surface area contributed by atoms with Crippen LogP contribution in [-0.2, 0) is 6.54 Å². The van der Waals surface area contributed by atoms with Gasteiger partial charge in [-0.2, -0.15) is 0 Å². The van der Waals surface area contributed by atoms with E-state index >= 15 is 0 Å². The number of piperidine rings is 1. The summed E-state index contributed by atoms with van der Waals surface area (Å²) in [6.45, 7) is 5.13. The molecule has 3 nitrogen and oxygen atoms in total. The van der Waals surface area contributed by atoms with E-state index < -0.39 is 0 Å². The second-order valence-corrected chi connectivity index (χ2v) is 6.87. The van der Waals surface area contributed by atoms with Crippen LogP contribution in [0.1, 0.15) is 24.8 Å². The number of ether oxygens (including phenoxy) is 1. The van der Waals surface area contributed by atoms with Gasteiger partial charge in [0, 0.05) is 24.7 Å². The van der Waals surface area contributed by atoms with Gasteiger partial charge in [0.25, 0.3) is 0 Å². The van der Waals surface area contributed by atoms with Crippen molar-refractivity contribution in [2.45, 2.75) is 25.8 Å². The molecule has 1 aliphatic heterocycles. The molecule has 2 heterocycles. The Labute approximate surface area is 149 Å². The van der Waals surface area contributed by atoms with Crippen molar-refractivity contribution in [3.05, 3.63) is 66.4 Å². The Hall–Kier alpha value is -2.26. The molecule has 0 aliphatic carbocycles. The van der Waals surface area contributed by atoms with Crippen LogP contribution in [0, 0.1) is 0 Å². The van der Waals surface area contributed by atoms with Crippen LogP contribution in [0.4, 0.5) is 0 Å². The maximum Gasteiger partial charge on any atom is 0.128 e. The van der Waals surface area contributed by atoms with Crippen molar-refractivity contribution in [3.63, 3.8) is 0 Å². The third-order valence-corrected chi connectivity index (χ3v) is 5.08.